The van der Waals surface area contributed by atoms with Crippen LogP contribution in [0, 0.1) is 0 Å². The van der Waals surface area contributed by atoms with Crippen molar-refractivity contribution in [3.8, 4) is 0 Å². The SMILES string of the molecule is O=C(NCc1ccccc1)C1CC(c2cccc3ccccc23)NN1. The van der Waals surface area contributed by atoms with Gasteiger partial charge in [-0.1, -0.05) is 72.8 Å². The van der Waals surface area contributed by atoms with E-state index in [1.807, 2.05) is 36.4 Å². The number of carbonyl (C=O) groups is 1. The van der Waals surface area contributed by atoms with Gasteiger partial charge in [0.25, 0.3) is 0 Å². The summed E-state index contributed by atoms with van der Waals surface area (Å²) in [5, 5.41) is 5.46. The van der Waals surface area contributed by atoms with Crippen LogP contribution in [0.3, 0.4) is 0 Å². The number of hydrogen-bond acceptors (Lipinski definition) is 3. The van der Waals surface area contributed by atoms with E-state index in [2.05, 4.69) is 52.6 Å². The van der Waals surface area contributed by atoms with E-state index in [0.717, 1.165) is 12.0 Å². The highest BCUT2D eigenvalue weighted by Crippen LogP contribution is 2.29. The second-order valence-electron chi connectivity index (χ2n) is 6.40. The van der Waals surface area contributed by atoms with Crippen LogP contribution >= 0.6 is 0 Å². The fourth-order valence-corrected chi connectivity index (χ4v) is 3.39. The van der Waals surface area contributed by atoms with Gasteiger partial charge in [0.15, 0.2) is 0 Å². The Hall–Kier alpha value is -2.69. The normalized spacial score (nSPS) is 19.8. The van der Waals surface area contributed by atoms with Gasteiger partial charge in [0.1, 0.15) is 6.04 Å². The van der Waals surface area contributed by atoms with Gasteiger partial charge < -0.3 is 5.32 Å². The molecule has 2 unspecified atom stereocenters. The van der Waals surface area contributed by atoms with E-state index in [1.54, 1.807) is 0 Å². The Labute approximate surface area is 147 Å². The van der Waals surface area contributed by atoms with Crippen LogP contribution in [0.4, 0.5) is 0 Å². The third-order valence-electron chi connectivity index (χ3n) is 4.73. The molecular formula is C21H21N3O. The average molecular weight is 331 g/mol. The summed E-state index contributed by atoms with van der Waals surface area (Å²) in [6.07, 6.45) is 0.731. The number of amides is 1. The van der Waals surface area contributed by atoms with E-state index in [4.69, 9.17) is 0 Å². The lowest BCUT2D eigenvalue weighted by atomic mass is 9.96. The molecule has 0 saturated carbocycles. The van der Waals surface area contributed by atoms with Gasteiger partial charge in [-0.2, -0.15) is 0 Å². The first-order chi connectivity index (χ1) is 12.3. The van der Waals surface area contributed by atoms with Crippen LogP contribution in [-0.4, -0.2) is 11.9 Å². The van der Waals surface area contributed by atoms with Crippen LogP contribution in [0.5, 0.6) is 0 Å². The van der Waals surface area contributed by atoms with Crippen molar-refractivity contribution >= 4 is 16.7 Å². The lowest BCUT2D eigenvalue weighted by molar-refractivity contribution is -0.123. The van der Waals surface area contributed by atoms with Gasteiger partial charge in [0, 0.05) is 12.6 Å². The average Bonchev–Trinajstić information content (AvgIpc) is 3.16. The molecule has 1 aliphatic heterocycles. The molecule has 4 heteroatoms. The number of nitrogens with one attached hydrogen (secondary N) is 3. The van der Waals surface area contributed by atoms with Crippen molar-refractivity contribution in [2.45, 2.75) is 25.0 Å². The van der Waals surface area contributed by atoms with E-state index in [-0.39, 0.29) is 18.0 Å². The number of carbonyl (C=O) groups excluding carboxylic acids is 1. The zero-order valence-corrected chi connectivity index (χ0v) is 13.9. The maximum Gasteiger partial charge on any atom is 0.238 e. The minimum absolute atomic E-state index is 0.0269. The molecule has 2 atom stereocenters. The molecule has 1 heterocycles. The van der Waals surface area contributed by atoms with Crippen molar-refractivity contribution in [1.29, 1.82) is 0 Å². The second-order valence-corrected chi connectivity index (χ2v) is 6.40. The fraction of sp³-hybridized carbons (Fsp3) is 0.190. The lowest BCUT2D eigenvalue weighted by Gasteiger charge is -2.13. The van der Waals surface area contributed by atoms with Crippen molar-refractivity contribution in [3.05, 3.63) is 83.9 Å². The van der Waals surface area contributed by atoms with Gasteiger partial charge >= 0.3 is 0 Å². The number of hydrazine groups is 1. The van der Waals surface area contributed by atoms with Gasteiger partial charge in [0.05, 0.1) is 0 Å². The Morgan fingerprint density at radius 2 is 1.68 bits per heavy atom. The number of fused-ring (bicyclic) bond motifs is 1. The highest BCUT2D eigenvalue weighted by Gasteiger charge is 2.30. The number of rotatable bonds is 4. The Morgan fingerprint density at radius 1 is 0.920 bits per heavy atom. The maximum atomic E-state index is 12.4. The van der Waals surface area contributed by atoms with Crippen LogP contribution in [0.2, 0.25) is 0 Å². The van der Waals surface area contributed by atoms with Gasteiger partial charge in [-0.05, 0) is 28.3 Å². The van der Waals surface area contributed by atoms with Crippen LogP contribution < -0.4 is 16.2 Å². The molecule has 3 N–H and O–H groups in total. The van der Waals surface area contributed by atoms with E-state index < -0.39 is 0 Å². The summed E-state index contributed by atoms with van der Waals surface area (Å²) in [7, 11) is 0. The molecule has 1 amide bonds. The molecular weight excluding hydrogens is 310 g/mol. The highest BCUT2D eigenvalue weighted by molar-refractivity contribution is 5.86. The molecule has 126 valence electrons. The number of hydrogen-bond donors (Lipinski definition) is 3. The van der Waals surface area contributed by atoms with E-state index in [9.17, 15) is 4.79 Å². The van der Waals surface area contributed by atoms with E-state index in [1.165, 1.54) is 16.3 Å². The first-order valence-electron chi connectivity index (χ1n) is 8.61. The largest absolute Gasteiger partial charge is 0.351 e. The molecule has 1 saturated heterocycles. The quantitative estimate of drug-likeness (QED) is 0.689. The molecule has 3 aromatic rings. The summed E-state index contributed by atoms with van der Waals surface area (Å²) in [4.78, 5) is 12.4. The molecule has 0 radical (unpaired) electrons. The molecule has 3 aromatic carbocycles. The molecule has 0 bridgehead atoms. The lowest BCUT2D eigenvalue weighted by Crippen LogP contribution is -2.42. The van der Waals surface area contributed by atoms with Gasteiger partial charge in [-0.15, -0.1) is 0 Å². The third kappa shape index (κ3) is 3.40. The van der Waals surface area contributed by atoms with Gasteiger partial charge in [-0.3, -0.25) is 4.79 Å². The third-order valence-corrected chi connectivity index (χ3v) is 4.73. The first kappa shape index (κ1) is 15.8. The van der Waals surface area contributed by atoms with Crippen LogP contribution in [0.25, 0.3) is 10.8 Å². The minimum atomic E-state index is -0.229. The zero-order chi connectivity index (χ0) is 17.1. The zero-order valence-electron chi connectivity index (χ0n) is 13.9. The molecule has 4 rings (SSSR count). The van der Waals surface area contributed by atoms with Crippen molar-refractivity contribution < 1.29 is 4.79 Å². The van der Waals surface area contributed by atoms with Crippen molar-refractivity contribution in [1.82, 2.24) is 16.2 Å². The fourth-order valence-electron chi connectivity index (χ4n) is 3.39. The summed E-state index contributed by atoms with van der Waals surface area (Å²) in [6, 6.07) is 24.5. The van der Waals surface area contributed by atoms with Gasteiger partial charge in [0.2, 0.25) is 5.91 Å². The minimum Gasteiger partial charge on any atom is -0.351 e. The van der Waals surface area contributed by atoms with Crippen LogP contribution in [-0.2, 0) is 11.3 Å². The maximum absolute atomic E-state index is 12.4. The second kappa shape index (κ2) is 7.05. The molecule has 1 aliphatic rings. The van der Waals surface area contributed by atoms with Crippen molar-refractivity contribution in [2.75, 3.05) is 0 Å². The molecule has 0 aromatic heterocycles. The molecule has 4 nitrogen and oxygen atoms in total. The predicted molar refractivity (Wildman–Crippen MR) is 99.7 cm³/mol. The standard InChI is InChI=1S/C21H21N3O/c25-21(22-14-15-7-2-1-3-8-15)20-13-19(23-24-20)18-12-6-10-16-9-4-5-11-17(16)18/h1-12,19-20,23-24H,13-14H2,(H,22,25). The van der Waals surface area contributed by atoms with E-state index >= 15 is 0 Å². The van der Waals surface area contributed by atoms with Crippen molar-refractivity contribution in [3.63, 3.8) is 0 Å². The Balaban J connectivity index is 1.43. The number of benzene rings is 3. The summed E-state index contributed by atoms with van der Waals surface area (Å²) < 4.78 is 0. The molecule has 0 spiro atoms. The van der Waals surface area contributed by atoms with Crippen molar-refractivity contribution in [2.24, 2.45) is 0 Å². The predicted octanol–water partition coefficient (Wildman–Crippen LogP) is 3.06. The Morgan fingerprint density at radius 3 is 2.56 bits per heavy atom. The molecule has 1 fully saturated rings. The van der Waals surface area contributed by atoms with Gasteiger partial charge in [-0.25, -0.2) is 10.9 Å². The summed E-state index contributed by atoms with van der Waals surface area (Å²) in [5.74, 6) is 0.0269. The highest BCUT2D eigenvalue weighted by atomic mass is 16.2. The smallest absolute Gasteiger partial charge is 0.238 e. The Bertz CT molecular complexity index is 873. The summed E-state index contributed by atoms with van der Waals surface area (Å²) in [5.41, 5.74) is 8.76. The first-order valence-corrected chi connectivity index (χ1v) is 8.61. The topological polar surface area (TPSA) is 53.2 Å². The van der Waals surface area contributed by atoms with Crippen LogP contribution in [0.15, 0.2) is 72.8 Å². The molecule has 0 aliphatic carbocycles. The Kier molecular flexibility index (Phi) is 4.46. The summed E-state index contributed by atoms with van der Waals surface area (Å²) >= 11 is 0. The summed E-state index contributed by atoms with van der Waals surface area (Å²) in [6.45, 7) is 0.552. The van der Waals surface area contributed by atoms with Crippen LogP contribution in [0.1, 0.15) is 23.6 Å². The molecule has 25 heavy (non-hydrogen) atoms. The van der Waals surface area contributed by atoms with E-state index in [0.29, 0.717) is 6.54 Å². The monoisotopic (exact) mass is 331 g/mol.